The summed E-state index contributed by atoms with van der Waals surface area (Å²) in [4.78, 5) is 40.1. The van der Waals surface area contributed by atoms with E-state index >= 15 is 0 Å². The molecule has 0 spiro atoms. The number of hydrogen-bond acceptors (Lipinski definition) is 10. The van der Waals surface area contributed by atoms with Gasteiger partial charge in [-0.05, 0) is 37.3 Å². The van der Waals surface area contributed by atoms with E-state index in [1.807, 2.05) is 24.3 Å². The van der Waals surface area contributed by atoms with Crippen LogP contribution in [0.3, 0.4) is 0 Å². The van der Waals surface area contributed by atoms with E-state index in [-0.39, 0.29) is 35.3 Å². The van der Waals surface area contributed by atoms with Crippen LogP contribution in [0, 0.1) is 5.82 Å². The number of carbonyl (C=O) groups excluding carboxylic acids is 2. The molecule has 0 aliphatic carbocycles. The highest BCUT2D eigenvalue weighted by molar-refractivity contribution is 6.04. The first-order valence-electron chi connectivity index (χ1n) is 11.9. The first-order chi connectivity index (χ1) is 18.4. The predicted molar refractivity (Wildman–Crippen MR) is 138 cm³/mol. The summed E-state index contributed by atoms with van der Waals surface area (Å²) in [6.07, 6.45) is 0.749. The minimum atomic E-state index is -0.683. The van der Waals surface area contributed by atoms with Crippen molar-refractivity contribution in [2.75, 3.05) is 53.6 Å². The van der Waals surface area contributed by atoms with E-state index < -0.39 is 11.7 Å². The van der Waals surface area contributed by atoms with Gasteiger partial charge in [0, 0.05) is 37.6 Å². The van der Waals surface area contributed by atoms with E-state index in [0.717, 1.165) is 11.9 Å². The van der Waals surface area contributed by atoms with Crippen LogP contribution in [0.25, 0.3) is 0 Å². The van der Waals surface area contributed by atoms with Gasteiger partial charge in [0.1, 0.15) is 5.82 Å². The quantitative estimate of drug-likeness (QED) is 0.414. The van der Waals surface area contributed by atoms with E-state index in [4.69, 9.17) is 9.47 Å². The first kappa shape index (κ1) is 24.7. The second kappa shape index (κ2) is 10.6. The molecule has 2 aromatic heterocycles. The molecular formula is C25H25FN8O4. The molecule has 4 heterocycles. The van der Waals surface area contributed by atoms with Crippen molar-refractivity contribution < 1.29 is 23.5 Å². The molecule has 5 rings (SSSR count). The molecule has 0 bridgehead atoms. The van der Waals surface area contributed by atoms with Crippen LogP contribution in [-0.4, -0.2) is 64.6 Å². The summed E-state index contributed by atoms with van der Waals surface area (Å²) in [6.45, 7) is 8.11. The number of pyridine rings is 1. The van der Waals surface area contributed by atoms with Gasteiger partial charge in [0.05, 0.1) is 12.8 Å². The number of nitrogens with one attached hydrogen (secondary N) is 3. The highest BCUT2D eigenvalue weighted by Crippen LogP contribution is 2.31. The highest BCUT2D eigenvalue weighted by Gasteiger charge is 2.23. The fraction of sp³-hybridized carbons (Fsp3) is 0.240. The molecule has 1 aromatic carbocycles. The summed E-state index contributed by atoms with van der Waals surface area (Å²) in [7, 11) is 0. The van der Waals surface area contributed by atoms with Gasteiger partial charge >= 0.3 is 6.09 Å². The number of amides is 2. The van der Waals surface area contributed by atoms with Crippen molar-refractivity contribution in [1.82, 2.24) is 19.9 Å². The SMILES string of the molecule is C=C1Oc2ccc(Nc3nc(Nc4cccc(N5CCN(C(=O)OCC)CC5)c4)ncc3F)nc2NC1=O. The van der Waals surface area contributed by atoms with E-state index in [9.17, 15) is 14.0 Å². The smallest absolute Gasteiger partial charge is 0.409 e. The van der Waals surface area contributed by atoms with Gasteiger partial charge in [-0.2, -0.15) is 4.98 Å². The van der Waals surface area contributed by atoms with Crippen molar-refractivity contribution in [3.63, 3.8) is 0 Å². The maximum atomic E-state index is 14.5. The fourth-order valence-electron chi connectivity index (χ4n) is 3.95. The Morgan fingerprint density at radius 1 is 1.18 bits per heavy atom. The average molecular weight is 521 g/mol. The Kier molecular flexibility index (Phi) is 6.89. The standard InChI is InChI=1S/C25H25FN8O4/c1-3-37-25(36)34-11-9-33(10-12-34)17-6-4-5-16(13-17)28-24-27-14-18(26)21(32-24)29-20-8-7-19-22(30-20)31-23(35)15(2)38-19/h4-8,13-14H,2-3,9-12H2,1H3,(H3,27,28,29,30,31,32,35). The number of rotatable bonds is 6. The third-order valence-corrected chi connectivity index (χ3v) is 5.84. The summed E-state index contributed by atoms with van der Waals surface area (Å²) < 4.78 is 24.9. The second-order valence-corrected chi connectivity index (χ2v) is 8.39. The van der Waals surface area contributed by atoms with Gasteiger partial charge in [0.2, 0.25) is 5.95 Å². The van der Waals surface area contributed by atoms with Crippen molar-refractivity contribution in [3.8, 4) is 5.75 Å². The Balaban J connectivity index is 1.26. The number of halogens is 1. The lowest BCUT2D eigenvalue weighted by Gasteiger charge is -2.35. The molecule has 196 valence electrons. The van der Waals surface area contributed by atoms with Crippen LogP contribution in [0.2, 0.25) is 0 Å². The molecule has 1 saturated heterocycles. The van der Waals surface area contributed by atoms with Gasteiger partial charge in [0.25, 0.3) is 5.91 Å². The summed E-state index contributed by atoms with van der Waals surface area (Å²) in [5.41, 5.74) is 1.67. The summed E-state index contributed by atoms with van der Waals surface area (Å²) in [6, 6.07) is 10.8. The van der Waals surface area contributed by atoms with Gasteiger partial charge in [-0.15, -0.1) is 0 Å². The number of fused-ring (bicyclic) bond motifs is 1. The van der Waals surface area contributed by atoms with Crippen LogP contribution in [-0.2, 0) is 9.53 Å². The van der Waals surface area contributed by atoms with Gasteiger partial charge in [-0.3, -0.25) is 4.79 Å². The maximum absolute atomic E-state index is 14.5. The van der Waals surface area contributed by atoms with Crippen LogP contribution in [0.1, 0.15) is 6.92 Å². The van der Waals surface area contributed by atoms with Crippen molar-refractivity contribution in [2.45, 2.75) is 6.92 Å². The van der Waals surface area contributed by atoms with Gasteiger partial charge in [-0.1, -0.05) is 12.6 Å². The van der Waals surface area contributed by atoms with Crippen LogP contribution in [0.4, 0.5) is 44.0 Å². The zero-order chi connectivity index (χ0) is 26.6. The predicted octanol–water partition coefficient (Wildman–Crippen LogP) is 3.62. The molecule has 0 unspecified atom stereocenters. The molecule has 2 aliphatic rings. The molecule has 3 N–H and O–H groups in total. The van der Waals surface area contributed by atoms with E-state index in [1.165, 1.54) is 0 Å². The lowest BCUT2D eigenvalue weighted by atomic mass is 10.2. The van der Waals surface area contributed by atoms with E-state index in [1.54, 1.807) is 24.0 Å². The summed E-state index contributed by atoms with van der Waals surface area (Å²) in [5.74, 6) is -0.416. The molecule has 2 amide bonds. The van der Waals surface area contributed by atoms with Crippen molar-refractivity contribution in [3.05, 3.63) is 60.8 Å². The Bertz CT molecular complexity index is 1390. The number of piperazine rings is 1. The molecule has 12 nitrogen and oxygen atoms in total. The van der Waals surface area contributed by atoms with E-state index in [2.05, 4.69) is 42.4 Å². The largest absolute Gasteiger partial charge is 0.450 e. The number of anilines is 6. The Labute approximate surface area is 217 Å². The lowest BCUT2D eigenvalue weighted by Crippen LogP contribution is -2.49. The monoisotopic (exact) mass is 520 g/mol. The number of carbonyl (C=O) groups is 2. The molecule has 0 radical (unpaired) electrons. The Morgan fingerprint density at radius 3 is 2.79 bits per heavy atom. The number of hydrogen-bond donors (Lipinski definition) is 3. The first-order valence-corrected chi connectivity index (χ1v) is 11.9. The van der Waals surface area contributed by atoms with Crippen LogP contribution >= 0.6 is 0 Å². The molecule has 3 aromatic rings. The molecule has 38 heavy (non-hydrogen) atoms. The number of aromatic nitrogens is 3. The molecular weight excluding hydrogens is 495 g/mol. The normalized spacial score (nSPS) is 14.8. The molecule has 2 aliphatic heterocycles. The zero-order valence-corrected chi connectivity index (χ0v) is 20.5. The van der Waals surface area contributed by atoms with Crippen LogP contribution < -0.4 is 25.6 Å². The zero-order valence-electron chi connectivity index (χ0n) is 20.5. The summed E-state index contributed by atoms with van der Waals surface area (Å²) in [5, 5.41) is 8.45. The van der Waals surface area contributed by atoms with Gasteiger partial charge in [-0.25, -0.2) is 19.2 Å². The molecule has 0 atom stereocenters. The number of ether oxygens (including phenoxy) is 2. The van der Waals surface area contributed by atoms with Crippen molar-refractivity contribution in [2.24, 2.45) is 0 Å². The number of nitrogens with zero attached hydrogens (tertiary/aromatic N) is 5. The molecule has 1 fully saturated rings. The third-order valence-electron chi connectivity index (χ3n) is 5.84. The average Bonchev–Trinajstić information content (AvgIpc) is 2.92. The van der Waals surface area contributed by atoms with Crippen LogP contribution in [0.15, 0.2) is 54.9 Å². The van der Waals surface area contributed by atoms with Crippen molar-refractivity contribution in [1.29, 1.82) is 0 Å². The number of benzene rings is 1. The minimum Gasteiger partial charge on any atom is -0.450 e. The van der Waals surface area contributed by atoms with Crippen LogP contribution in [0.5, 0.6) is 5.75 Å². The topological polar surface area (TPSA) is 134 Å². The molecule has 0 saturated carbocycles. The highest BCUT2D eigenvalue weighted by atomic mass is 19.1. The maximum Gasteiger partial charge on any atom is 0.409 e. The van der Waals surface area contributed by atoms with Gasteiger partial charge in [0.15, 0.2) is 29.0 Å². The molecule has 13 heteroatoms. The second-order valence-electron chi connectivity index (χ2n) is 8.39. The fourth-order valence-corrected chi connectivity index (χ4v) is 3.95. The Morgan fingerprint density at radius 2 is 2.00 bits per heavy atom. The summed E-state index contributed by atoms with van der Waals surface area (Å²) >= 11 is 0. The third kappa shape index (κ3) is 5.40. The van der Waals surface area contributed by atoms with Gasteiger partial charge < -0.3 is 35.2 Å². The Hall–Kier alpha value is -4.94. The lowest BCUT2D eigenvalue weighted by molar-refractivity contribution is -0.115. The van der Waals surface area contributed by atoms with E-state index in [0.29, 0.717) is 44.2 Å². The minimum absolute atomic E-state index is 0.0411. The van der Waals surface area contributed by atoms with Crippen molar-refractivity contribution >= 4 is 46.8 Å².